The van der Waals surface area contributed by atoms with Crippen molar-refractivity contribution >= 4 is 23.4 Å². The second kappa shape index (κ2) is 7.02. The van der Waals surface area contributed by atoms with Gasteiger partial charge in [0, 0.05) is 25.6 Å². The third-order valence-electron chi connectivity index (χ3n) is 2.33. The fourth-order valence-electron chi connectivity index (χ4n) is 1.44. The van der Waals surface area contributed by atoms with Crippen molar-refractivity contribution in [2.24, 2.45) is 0 Å². The second-order valence-corrected chi connectivity index (χ2v) is 3.78. The monoisotopic (exact) mass is 282 g/mol. The van der Waals surface area contributed by atoms with Crippen LogP contribution in [0.2, 0.25) is 0 Å². The van der Waals surface area contributed by atoms with Crippen LogP contribution in [0.15, 0.2) is 12.3 Å². The standard InChI is InChI=1S/C11H14N4O5/c1-2-12-9(16)3-4-13-10-8(11(17)18)5-7(6-14-10)15(19)20/h5-6H,2-4H2,1H3,(H,12,16)(H,13,14)(H,17,18). The first-order valence-electron chi connectivity index (χ1n) is 5.84. The number of hydrogen-bond donors (Lipinski definition) is 3. The van der Waals surface area contributed by atoms with Crippen LogP contribution in [-0.2, 0) is 4.79 Å². The molecule has 1 rings (SSSR count). The van der Waals surface area contributed by atoms with Crippen molar-refractivity contribution in [3.05, 3.63) is 27.9 Å². The molecule has 0 aliphatic rings. The maximum Gasteiger partial charge on any atom is 0.339 e. The van der Waals surface area contributed by atoms with E-state index in [-0.39, 0.29) is 30.3 Å². The highest BCUT2D eigenvalue weighted by atomic mass is 16.6. The molecule has 9 nitrogen and oxygen atoms in total. The molecule has 0 aliphatic carbocycles. The van der Waals surface area contributed by atoms with Crippen LogP contribution < -0.4 is 10.6 Å². The van der Waals surface area contributed by atoms with Crippen LogP contribution in [0.3, 0.4) is 0 Å². The lowest BCUT2D eigenvalue weighted by Gasteiger charge is -2.08. The Morgan fingerprint density at radius 1 is 1.50 bits per heavy atom. The van der Waals surface area contributed by atoms with Crippen LogP contribution in [0.1, 0.15) is 23.7 Å². The maximum atomic E-state index is 11.2. The Balaban J connectivity index is 2.77. The van der Waals surface area contributed by atoms with Crippen molar-refractivity contribution in [1.29, 1.82) is 0 Å². The summed E-state index contributed by atoms with van der Waals surface area (Å²) < 4.78 is 0. The molecule has 0 aliphatic heterocycles. The predicted molar refractivity (Wildman–Crippen MR) is 69.6 cm³/mol. The molecule has 3 N–H and O–H groups in total. The summed E-state index contributed by atoms with van der Waals surface area (Å²) in [5.41, 5.74) is -0.716. The number of rotatable bonds is 7. The third kappa shape index (κ3) is 4.19. The van der Waals surface area contributed by atoms with E-state index < -0.39 is 16.6 Å². The molecule has 1 aromatic rings. The molecule has 9 heteroatoms. The van der Waals surface area contributed by atoms with Gasteiger partial charge in [0.25, 0.3) is 5.69 Å². The van der Waals surface area contributed by atoms with Crippen LogP contribution in [-0.4, -0.2) is 40.0 Å². The van der Waals surface area contributed by atoms with Crippen LogP contribution >= 0.6 is 0 Å². The molecule has 0 bridgehead atoms. The summed E-state index contributed by atoms with van der Waals surface area (Å²) in [4.78, 5) is 35.8. The molecule has 20 heavy (non-hydrogen) atoms. The van der Waals surface area contributed by atoms with Crippen LogP contribution in [0.5, 0.6) is 0 Å². The number of aromatic nitrogens is 1. The van der Waals surface area contributed by atoms with E-state index in [1.54, 1.807) is 6.92 Å². The summed E-state index contributed by atoms with van der Waals surface area (Å²) in [5, 5.41) is 24.8. The van der Waals surface area contributed by atoms with Gasteiger partial charge < -0.3 is 15.7 Å². The van der Waals surface area contributed by atoms with Gasteiger partial charge in [-0.15, -0.1) is 0 Å². The van der Waals surface area contributed by atoms with Gasteiger partial charge >= 0.3 is 5.97 Å². The minimum atomic E-state index is -1.33. The number of hydrogen-bond acceptors (Lipinski definition) is 6. The highest BCUT2D eigenvalue weighted by molar-refractivity contribution is 5.93. The van der Waals surface area contributed by atoms with Crippen LogP contribution in [0.4, 0.5) is 11.5 Å². The lowest BCUT2D eigenvalue weighted by molar-refractivity contribution is -0.385. The summed E-state index contributed by atoms with van der Waals surface area (Å²) in [6.45, 7) is 2.47. The highest BCUT2D eigenvalue weighted by Gasteiger charge is 2.17. The summed E-state index contributed by atoms with van der Waals surface area (Å²) in [5.74, 6) is -1.52. The fraction of sp³-hybridized carbons (Fsp3) is 0.364. The molecule has 0 atom stereocenters. The topological polar surface area (TPSA) is 134 Å². The number of anilines is 1. The molecule has 1 amide bonds. The first-order valence-corrected chi connectivity index (χ1v) is 5.84. The second-order valence-electron chi connectivity index (χ2n) is 3.78. The smallest absolute Gasteiger partial charge is 0.339 e. The summed E-state index contributed by atoms with van der Waals surface area (Å²) in [7, 11) is 0. The van der Waals surface area contributed by atoms with E-state index in [2.05, 4.69) is 15.6 Å². The molecule has 1 aromatic heterocycles. The molecule has 0 aromatic carbocycles. The van der Waals surface area contributed by atoms with Gasteiger partial charge in [-0.25, -0.2) is 9.78 Å². The van der Waals surface area contributed by atoms with E-state index in [1.165, 1.54) is 0 Å². The Hall–Kier alpha value is -2.71. The largest absolute Gasteiger partial charge is 0.478 e. The zero-order valence-corrected chi connectivity index (χ0v) is 10.8. The van der Waals surface area contributed by atoms with Crippen LogP contribution in [0.25, 0.3) is 0 Å². The van der Waals surface area contributed by atoms with Crippen molar-refractivity contribution in [2.45, 2.75) is 13.3 Å². The average Bonchev–Trinajstić information content (AvgIpc) is 2.38. The number of amides is 1. The number of carboxylic acids is 1. The average molecular weight is 282 g/mol. The van der Waals surface area contributed by atoms with E-state index in [9.17, 15) is 19.7 Å². The van der Waals surface area contributed by atoms with E-state index >= 15 is 0 Å². The van der Waals surface area contributed by atoms with E-state index in [4.69, 9.17) is 5.11 Å². The van der Waals surface area contributed by atoms with E-state index in [0.29, 0.717) is 6.54 Å². The van der Waals surface area contributed by atoms with Gasteiger partial charge in [-0.2, -0.15) is 0 Å². The summed E-state index contributed by atoms with van der Waals surface area (Å²) in [6, 6.07) is 0.920. The van der Waals surface area contributed by atoms with Crippen LogP contribution in [0, 0.1) is 10.1 Å². The Labute approximate surface area is 114 Å². The number of carbonyl (C=O) groups excluding carboxylic acids is 1. The van der Waals surface area contributed by atoms with Gasteiger partial charge in [-0.3, -0.25) is 14.9 Å². The van der Waals surface area contributed by atoms with Gasteiger partial charge in [0.15, 0.2) is 0 Å². The number of carbonyl (C=O) groups is 2. The first-order chi connectivity index (χ1) is 9.45. The van der Waals surface area contributed by atoms with Gasteiger partial charge in [0.2, 0.25) is 5.91 Å². The van der Waals surface area contributed by atoms with E-state index in [1.807, 2.05) is 0 Å². The number of nitro groups is 1. The number of nitrogens with one attached hydrogen (secondary N) is 2. The lowest BCUT2D eigenvalue weighted by Crippen LogP contribution is -2.25. The molecule has 1 heterocycles. The van der Waals surface area contributed by atoms with Gasteiger partial charge in [-0.1, -0.05) is 0 Å². The van der Waals surface area contributed by atoms with E-state index in [0.717, 1.165) is 12.3 Å². The molecule has 0 saturated heterocycles. The highest BCUT2D eigenvalue weighted by Crippen LogP contribution is 2.19. The molecule has 0 spiro atoms. The Kier molecular flexibility index (Phi) is 5.39. The summed E-state index contributed by atoms with van der Waals surface area (Å²) in [6.07, 6.45) is 1.10. The van der Waals surface area contributed by atoms with Crippen molar-refractivity contribution in [3.63, 3.8) is 0 Å². The third-order valence-corrected chi connectivity index (χ3v) is 2.33. The molecule has 0 fully saturated rings. The normalized spacial score (nSPS) is 9.85. The summed E-state index contributed by atoms with van der Waals surface area (Å²) >= 11 is 0. The number of nitrogens with zero attached hydrogens (tertiary/aromatic N) is 2. The number of carboxylic acid groups (broad SMARTS) is 1. The molecular weight excluding hydrogens is 268 g/mol. The quantitative estimate of drug-likeness (QED) is 0.493. The minimum absolute atomic E-state index is 0.00704. The Bertz CT molecular complexity index is 532. The minimum Gasteiger partial charge on any atom is -0.478 e. The first kappa shape index (κ1) is 15.3. The molecule has 0 unspecified atom stereocenters. The predicted octanol–water partition coefficient (Wildman–Crippen LogP) is 0.626. The van der Waals surface area contributed by atoms with Gasteiger partial charge in [-0.05, 0) is 6.92 Å². The zero-order valence-electron chi connectivity index (χ0n) is 10.8. The molecule has 108 valence electrons. The number of aromatic carboxylic acids is 1. The van der Waals surface area contributed by atoms with Crippen molar-refractivity contribution < 1.29 is 19.6 Å². The molecule has 0 radical (unpaired) electrons. The van der Waals surface area contributed by atoms with Gasteiger partial charge in [0.05, 0.1) is 4.92 Å². The SMILES string of the molecule is CCNC(=O)CCNc1ncc([N+](=O)[O-])cc1C(=O)O. The fourth-order valence-corrected chi connectivity index (χ4v) is 1.44. The van der Waals surface area contributed by atoms with Crippen molar-refractivity contribution in [3.8, 4) is 0 Å². The zero-order chi connectivity index (χ0) is 15.1. The lowest BCUT2D eigenvalue weighted by atomic mass is 10.2. The number of pyridine rings is 1. The van der Waals surface area contributed by atoms with Crippen molar-refractivity contribution in [2.75, 3.05) is 18.4 Å². The molecule has 0 saturated carbocycles. The molecular formula is C11H14N4O5. The Morgan fingerprint density at radius 2 is 2.20 bits per heavy atom. The van der Waals surface area contributed by atoms with Crippen molar-refractivity contribution in [1.82, 2.24) is 10.3 Å². The maximum absolute atomic E-state index is 11.2. The Morgan fingerprint density at radius 3 is 2.75 bits per heavy atom. The van der Waals surface area contributed by atoms with Gasteiger partial charge in [0.1, 0.15) is 17.6 Å².